The Kier molecular flexibility index (Phi) is 4.96. The summed E-state index contributed by atoms with van der Waals surface area (Å²) >= 11 is -2.21. The molecular weight excluding hydrogens is 431 g/mol. The average Bonchev–Trinajstić information content (AvgIpc) is 2.24. The van der Waals surface area contributed by atoms with Crippen molar-refractivity contribution in [2.24, 2.45) is 0 Å². The van der Waals surface area contributed by atoms with Crippen molar-refractivity contribution in [1.82, 2.24) is 0 Å². The van der Waals surface area contributed by atoms with Crippen LogP contribution in [0.15, 0.2) is 21.9 Å². The van der Waals surface area contributed by atoms with E-state index in [1.165, 1.54) is 0 Å². The van der Waals surface area contributed by atoms with Crippen molar-refractivity contribution in [2.75, 3.05) is 0 Å². The van der Waals surface area contributed by atoms with Gasteiger partial charge in [-0.1, -0.05) is 0 Å². The number of hydrogen-bond acceptors (Lipinski definition) is 6. The summed E-state index contributed by atoms with van der Waals surface area (Å²) < 4.78 is 72.8. The van der Waals surface area contributed by atoms with E-state index in [1.54, 1.807) is 0 Å². The van der Waals surface area contributed by atoms with Crippen LogP contribution in [0.5, 0.6) is 0 Å². The van der Waals surface area contributed by atoms with Gasteiger partial charge in [0.05, 0.1) is 14.9 Å². The Morgan fingerprint density at radius 3 is 2.00 bits per heavy atom. The molecule has 9 nitrogen and oxygen atoms in total. The predicted molar refractivity (Wildman–Crippen MR) is 70.8 cm³/mol. The van der Waals surface area contributed by atoms with Gasteiger partial charge in [-0.05, 0) is 17.7 Å². The molecule has 1 rings (SSSR count). The van der Waals surface area contributed by atoms with Crippen LogP contribution in [0.25, 0.3) is 0 Å². The summed E-state index contributed by atoms with van der Waals surface area (Å²) in [6, 6.07) is 1.12. The molecule has 3 N–H and O–H groups in total. The maximum Gasteiger partial charge on any atom is 0.307 e. The van der Waals surface area contributed by atoms with Gasteiger partial charge < -0.3 is 5.11 Å². The van der Waals surface area contributed by atoms with E-state index < -0.39 is 67.2 Å². The second-order valence-corrected chi connectivity index (χ2v) is 7.82. The zero-order valence-corrected chi connectivity index (χ0v) is 13.1. The van der Waals surface area contributed by atoms with E-state index in [2.05, 4.69) is 0 Å². The molecule has 0 heterocycles. The number of carbonyl (C=O) groups is 1. The van der Waals surface area contributed by atoms with Gasteiger partial charge >= 0.3 is 5.97 Å². The zero-order chi connectivity index (χ0) is 15.7. The van der Waals surface area contributed by atoms with Crippen LogP contribution in [-0.2, 0) is 34.5 Å². The normalized spacial score (nSPS) is 12.3. The van der Waals surface area contributed by atoms with Crippen molar-refractivity contribution in [3.8, 4) is 0 Å². The molecule has 12 heteroatoms. The van der Waals surface area contributed by atoms with Crippen LogP contribution < -0.4 is 0 Å². The molecule has 112 valence electrons. The minimum atomic E-state index is -4.93. The quantitative estimate of drug-likeness (QED) is 0.433. The third-order valence-corrected chi connectivity index (χ3v) is 5.87. The van der Waals surface area contributed by atoms with Gasteiger partial charge in [0.15, 0.2) is 21.2 Å². The molecule has 1 aromatic rings. The topological polar surface area (TPSA) is 163 Å². The van der Waals surface area contributed by atoms with E-state index >= 15 is 0 Å². The van der Waals surface area contributed by atoms with E-state index in [0.29, 0.717) is 12.1 Å². The molecule has 0 unspecified atom stereocenters. The largest absolute Gasteiger partial charge is 0.481 e. The Morgan fingerprint density at radius 1 is 1.10 bits per heavy atom. The Balaban J connectivity index is 3.83. The molecule has 0 saturated carbocycles. The number of carboxylic acid groups (broad SMARTS) is 1. The lowest BCUT2D eigenvalue weighted by atomic mass is 10.1. The molecular formula is C8H7IO9S2. The number of halogens is 1. The molecule has 0 bridgehead atoms. The Morgan fingerprint density at radius 2 is 1.65 bits per heavy atom. The highest BCUT2D eigenvalue weighted by Gasteiger charge is 2.25. The van der Waals surface area contributed by atoms with E-state index in [0.717, 1.165) is 0 Å². The first kappa shape index (κ1) is 17.1. The Labute approximate surface area is 123 Å². The molecule has 0 spiro atoms. The summed E-state index contributed by atoms with van der Waals surface area (Å²) in [5, 5.41) is 8.66. The first-order valence-electron chi connectivity index (χ1n) is 4.57. The van der Waals surface area contributed by atoms with Crippen LogP contribution in [0.4, 0.5) is 0 Å². The average molecular weight is 438 g/mol. The van der Waals surface area contributed by atoms with Crippen LogP contribution in [0, 0.1) is 3.57 Å². The van der Waals surface area contributed by atoms with Crippen molar-refractivity contribution in [2.45, 2.75) is 16.2 Å². The summed E-state index contributed by atoms with van der Waals surface area (Å²) in [7, 11) is -9.75. The number of aliphatic carboxylic acids is 1. The third-order valence-electron chi connectivity index (χ3n) is 2.08. The van der Waals surface area contributed by atoms with Crippen molar-refractivity contribution in [3.63, 3.8) is 0 Å². The maximum absolute atomic E-state index is 11.1. The molecule has 0 amide bonds. The van der Waals surface area contributed by atoms with Gasteiger partial charge in [0.1, 0.15) is 4.90 Å². The molecule has 20 heavy (non-hydrogen) atoms. The fourth-order valence-electron chi connectivity index (χ4n) is 1.34. The molecule has 0 atom stereocenters. The lowest BCUT2D eigenvalue weighted by Crippen LogP contribution is -2.11. The van der Waals surface area contributed by atoms with Crippen LogP contribution >= 0.6 is 21.2 Å². The lowest BCUT2D eigenvalue weighted by Gasteiger charge is -2.08. The third kappa shape index (κ3) is 4.02. The SMILES string of the molecule is O=Ic1c(CC(=O)O)cc(S(=O)(=O)O)cc1S(=O)(=O)O. The first-order valence-corrected chi connectivity index (χ1v) is 9.41. The fourth-order valence-corrected chi connectivity index (χ4v) is 4.66. The summed E-state index contributed by atoms with van der Waals surface area (Å²) in [6.45, 7) is 0. The molecule has 0 aliphatic rings. The van der Waals surface area contributed by atoms with Gasteiger partial charge in [-0.25, -0.2) is 0 Å². The molecule has 0 aliphatic carbocycles. The molecule has 0 aromatic heterocycles. The maximum atomic E-state index is 11.1. The summed E-state index contributed by atoms with van der Waals surface area (Å²) in [4.78, 5) is 8.74. The van der Waals surface area contributed by atoms with Gasteiger partial charge in [-0.3, -0.25) is 17.0 Å². The zero-order valence-electron chi connectivity index (χ0n) is 9.35. The van der Waals surface area contributed by atoms with E-state index in [9.17, 15) is 24.7 Å². The van der Waals surface area contributed by atoms with Crippen LogP contribution in [0.3, 0.4) is 0 Å². The molecule has 0 saturated heterocycles. The van der Waals surface area contributed by atoms with E-state index in [4.69, 9.17) is 14.2 Å². The number of benzene rings is 1. The van der Waals surface area contributed by atoms with Gasteiger partial charge in [0.25, 0.3) is 20.2 Å². The minimum absolute atomic E-state index is 0.372. The second-order valence-electron chi connectivity index (χ2n) is 3.49. The summed E-state index contributed by atoms with van der Waals surface area (Å²) in [6.07, 6.45) is -0.816. The van der Waals surface area contributed by atoms with E-state index in [-0.39, 0.29) is 5.56 Å². The van der Waals surface area contributed by atoms with Crippen molar-refractivity contribution < 1.29 is 38.9 Å². The van der Waals surface area contributed by atoms with Gasteiger partial charge in [0, 0.05) is 0 Å². The van der Waals surface area contributed by atoms with Crippen molar-refractivity contribution >= 4 is 47.4 Å². The second kappa shape index (κ2) is 5.80. The van der Waals surface area contributed by atoms with Crippen molar-refractivity contribution in [3.05, 3.63) is 21.3 Å². The lowest BCUT2D eigenvalue weighted by molar-refractivity contribution is -0.136. The first-order chi connectivity index (χ1) is 8.96. The van der Waals surface area contributed by atoms with Gasteiger partial charge in [-0.15, -0.1) is 0 Å². The smallest absolute Gasteiger partial charge is 0.307 e. The van der Waals surface area contributed by atoms with Crippen LogP contribution in [-0.4, -0.2) is 37.0 Å². The Bertz CT molecular complexity index is 778. The highest BCUT2D eigenvalue weighted by molar-refractivity contribution is 14.1. The fraction of sp³-hybridized carbons (Fsp3) is 0.125. The molecule has 0 radical (unpaired) electrons. The summed E-state index contributed by atoms with van der Waals surface area (Å²) in [5.74, 6) is -1.43. The molecule has 0 aliphatic heterocycles. The number of carboxylic acids is 1. The highest BCUT2D eigenvalue weighted by Crippen LogP contribution is 2.29. The highest BCUT2D eigenvalue weighted by atomic mass is 127. The monoisotopic (exact) mass is 438 g/mol. The molecule has 1 aromatic carbocycles. The van der Waals surface area contributed by atoms with Crippen molar-refractivity contribution in [1.29, 1.82) is 0 Å². The standard InChI is InChI=1S/C8H7IO9S2/c10-7(11)2-4-1-5(19(13,14)15)3-6(8(4)9-12)20(16,17)18/h1,3H,2H2,(H,10,11)(H,13,14,15)(H,16,17,18). The van der Waals surface area contributed by atoms with Crippen LogP contribution in [0.2, 0.25) is 0 Å². The summed E-state index contributed by atoms with van der Waals surface area (Å²) in [5.41, 5.74) is -0.372. The van der Waals surface area contributed by atoms with Gasteiger partial charge in [0.2, 0.25) is 0 Å². The number of hydrogen-bond donors (Lipinski definition) is 3. The minimum Gasteiger partial charge on any atom is -0.481 e. The number of rotatable bonds is 5. The predicted octanol–water partition coefficient (Wildman–Crippen LogP) is 0.293. The van der Waals surface area contributed by atoms with Gasteiger partial charge in [-0.2, -0.15) is 16.8 Å². The van der Waals surface area contributed by atoms with E-state index in [1.807, 2.05) is 0 Å². The molecule has 0 fully saturated rings. The van der Waals surface area contributed by atoms with Crippen LogP contribution in [0.1, 0.15) is 5.56 Å². The Hall–Kier alpha value is -0.960.